The zero-order valence-electron chi connectivity index (χ0n) is 14.0. The lowest BCUT2D eigenvalue weighted by Crippen LogP contribution is -2.26. The second-order valence-electron chi connectivity index (χ2n) is 6.12. The standard InChI is InChI=1S/C18H20FN3O3/c1-11(2)17(12-5-7-15(19)8-6-12)21-10-14-4-3-13(18(20)23)9-16(14)22(24)25/h3-9,11,17,21H,10H2,1-2H3,(H2,20,23)/t17-/m0/s1. The normalized spacial score (nSPS) is 12.2. The molecule has 0 saturated carbocycles. The second-order valence-corrected chi connectivity index (χ2v) is 6.12. The quantitative estimate of drug-likeness (QED) is 0.594. The van der Waals surface area contributed by atoms with E-state index in [1.807, 2.05) is 13.8 Å². The molecule has 0 radical (unpaired) electrons. The van der Waals surface area contributed by atoms with E-state index in [-0.39, 0.29) is 35.6 Å². The minimum absolute atomic E-state index is 0.0920. The molecule has 132 valence electrons. The molecule has 0 spiro atoms. The minimum atomic E-state index is -0.714. The van der Waals surface area contributed by atoms with Crippen molar-refractivity contribution >= 4 is 11.6 Å². The number of benzene rings is 2. The third-order valence-electron chi connectivity index (χ3n) is 3.97. The lowest BCUT2D eigenvalue weighted by Gasteiger charge is -2.23. The Morgan fingerprint density at radius 1 is 1.24 bits per heavy atom. The predicted molar refractivity (Wildman–Crippen MR) is 92.4 cm³/mol. The number of nitro groups is 1. The first-order chi connectivity index (χ1) is 11.8. The number of carbonyl (C=O) groups is 1. The highest BCUT2D eigenvalue weighted by atomic mass is 19.1. The SMILES string of the molecule is CC(C)[C@H](NCc1ccc(C(N)=O)cc1[N+](=O)[O-])c1ccc(F)cc1. The van der Waals surface area contributed by atoms with Gasteiger partial charge >= 0.3 is 0 Å². The third-order valence-corrected chi connectivity index (χ3v) is 3.97. The van der Waals surface area contributed by atoms with E-state index in [4.69, 9.17) is 5.73 Å². The van der Waals surface area contributed by atoms with Crippen molar-refractivity contribution in [3.8, 4) is 0 Å². The summed E-state index contributed by atoms with van der Waals surface area (Å²) in [5.74, 6) is -0.840. The number of primary amides is 1. The first kappa shape index (κ1) is 18.5. The van der Waals surface area contributed by atoms with Crippen molar-refractivity contribution in [3.63, 3.8) is 0 Å². The summed E-state index contributed by atoms with van der Waals surface area (Å²) in [6.07, 6.45) is 0. The van der Waals surface area contributed by atoms with Crippen LogP contribution in [0.5, 0.6) is 0 Å². The molecule has 2 aromatic carbocycles. The van der Waals surface area contributed by atoms with Gasteiger partial charge in [-0.05, 0) is 29.7 Å². The van der Waals surface area contributed by atoms with Gasteiger partial charge in [-0.25, -0.2) is 4.39 Å². The van der Waals surface area contributed by atoms with Gasteiger partial charge in [0.1, 0.15) is 5.82 Å². The minimum Gasteiger partial charge on any atom is -0.366 e. The summed E-state index contributed by atoms with van der Waals surface area (Å²) in [6.45, 7) is 4.24. The maximum atomic E-state index is 13.1. The van der Waals surface area contributed by atoms with Crippen molar-refractivity contribution in [2.45, 2.75) is 26.4 Å². The molecule has 0 unspecified atom stereocenters. The van der Waals surface area contributed by atoms with Crippen molar-refractivity contribution in [2.75, 3.05) is 0 Å². The highest BCUT2D eigenvalue weighted by Crippen LogP contribution is 2.25. The molecule has 0 aliphatic carbocycles. The molecule has 25 heavy (non-hydrogen) atoms. The van der Waals surface area contributed by atoms with E-state index in [0.717, 1.165) is 5.56 Å². The van der Waals surface area contributed by atoms with Crippen molar-refractivity contribution in [1.82, 2.24) is 5.32 Å². The lowest BCUT2D eigenvalue weighted by atomic mass is 9.95. The van der Waals surface area contributed by atoms with Crippen LogP contribution < -0.4 is 11.1 Å². The molecule has 1 amide bonds. The Labute approximate surface area is 145 Å². The monoisotopic (exact) mass is 345 g/mol. The van der Waals surface area contributed by atoms with E-state index in [1.54, 1.807) is 12.1 Å². The smallest absolute Gasteiger partial charge is 0.274 e. The molecule has 0 bridgehead atoms. The number of rotatable bonds is 7. The predicted octanol–water partition coefficient (Wildman–Crippen LogP) is 3.32. The number of halogens is 1. The maximum Gasteiger partial charge on any atom is 0.274 e. The van der Waals surface area contributed by atoms with E-state index >= 15 is 0 Å². The van der Waals surface area contributed by atoms with Crippen LogP contribution in [0.2, 0.25) is 0 Å². The van der Waals surface area contributed by atoms with E-state index in [1.165, 1.54) is 30.3 Å². The Morgan fingerprint density at radius 2 is 1.88 bits per heavy atom. The molecule has 6 nitrogen and oxygen atoms in total. The number of hydrogen-bond donors (Lipinski definition) is 2. The Kier molecular flexibility index (Phi) is 5.82. The van der Waals surface area contributed by atoms with Crippen LogP contribution in [0.3, 0.4) is 0 Å². The number of nitro benzene ring substituents is 1. The topological polar surface area (TPSA) is 98.3 Å². The number of nitrogens with zero attached hydrogens (tertiary/aromatic N) is 1. The van der Waals surface area contributed by atoms with E-state index in [9.17, 15) is 19.3 Å². The van der Waals surface area contributed by atoms with E-state index in [2.05, 4.69) is 5.32 Å². The zero-order chi connectivity index (χ0) is 18.6. The van der Waals surface area contributed by atoms with E-state index in [0.29, 0.717) is 5.56 Å². The average molecular weight is 345 g/mol. The number of nitrogens with one attached hydrogen (secondary N) is 1. The average Bonchev–Trinajstić information content (AvgIpc) is 2.56. The first-order valence-electron chi connectivity index (χ1n) is 7.85. The first-order valence-corrected chi connectivity index (χ1v) is 7.85. The second kappa shape index (κ2) is 7.85. The maximum absolute atomic E-state index is 13.1. The van der Waals surface area contributed by atoms with Crippen LogP contribution in [0.25, 0.3) is 0 Å². The molecule has 0 aliphatic heterocycles. The fourth-order valence-corrected chi connectivity index (χ4v) is 2.67. The van der Waals surface area contributed by atoms with Crippen molar-refractivity contribution in [1.29, 1.82) is 0 Å². The van der Waals surface area contributed by atoms with Gasteiger partial charge in [-0.15, -0.1) is 0 Å². The van der Waals surface area contributed by atoms with Gasteiger partial charge in [0.05, 0.1) is 4.92 Å². The summed E-state index contributed by atoms with van der Waals surface area (Å²) in [5.41, 5.74) is 6.45. The van der Waals surface area contributed by atoms with Crippen LogP contribution in [-0.4, -0.2) is 10.8 Å². The van der Waals surface area contributed by atoms with Crippen LogP contribution in [0.1, 0.15) is 41.4 Å². The number of carbonyl (C=O) groups excluding carboxylic acids is 1. The molecule has 0 fully saturated rings. The van der Waals surface area contributed by atoms with Crippen molar-refractivity contribution < 1.29 is 14.1 Å². The molecule has 0 saturated heterocycles. The van der Waals surface area contributed by atoms with Gasteiger partial charge in [0.2, 0.25) is 5.91 Å². The molecule has 0 aromatic heterocycles. The zero-order valence-corrected chi connectivity index (χ0v) is 14.0. The summed E-state index contributed by atoms with van der Waals surface area (Å²) in [5, 5.41) is 14.5. The summed E-state index contributed by atoms with van der Waals surface area (Å²) in [6, 6.07) is 10.2. The van der Waals surface area contributed by atoms with Crippen LogP contribution >= 0.6 is 0 Å². The molecular formula is C18H20FN3O3. The summed E-state index contributed by atoms with van der Waals surface area (Å²) in [7, 11) is 0. The fraction of sp³-hybridized carbons (Fsp3) is 0.278. The third kappa shape index (κ3) is 4.60. The Morgan fingerprint density at radius 3 is 2.40 bits per heavy atom. The number of hydrogen-bond acceptors (Lipinski definition) is 4. The molecule has 7 heteroatoms. The number of nitrogens with two attached hydrogens (primary N) is 1. The largest absolute Gasteiger partial charge is 0.366 e. The van der Waals surface area contributed by atoms with Gasteiger partial charge in [0, 0.05) is 29.8 Å². The van der Waals surface area contributed by atoms with Crippen LogP contribution in [0.15, 0.2) is 42.5 Å². The fourth-order valence-electron chi connectivity index (χ4n) is 2.67. The highest BCUT2D eigenvalue weighted by Gasteiger charge is 2.20. The van der Waals surface area contributed by atoms with E-state index < -0.39 is 10.8 Å². The Hall–Kier alpha value is -2.80. The van der Waals surface area contributed by atoms with Crippen LogP contribution in [0.4, 0.5) is 10.1 Å². The van der Waals surface area contributed by atoms with Crippen molar-refractivity contribution in [3.05, 3.63) is 75.1 Å². The Balaban J connectivity index is 2.24. The molecule has 1 atom stereocenters. The Bertz CT molecular complexity index is 776. The van der Waals surface area contributed by atoms with Gasteiger partial charge in [0.15, 0.2) is 0 Å². The molecule has 0 heterocycles. The molecule has 2 rings (SSSR count). The van der Waals surface area contributed by atoms with Gasteiger partial charge < -0.3 is 11.1 Å². The molecular weight excluding hydrogens is 325 g/mol. The van der Waals surface area contributed by atoms with Gasteiger partial charge in [-0.3, -0.25) is 14.9 Å². The van der Waals surface area contributed by atoms with Crippen LogP contribution in [-0.2, 0) is 6.54 Å². The summed E-state index contributed by atoms with van der Waals surface area (Å²) < 4.78 is 13.1. The summed E-state index contributed by atoms with van der Waals surface area (Å²) >= 11 is 0. The van der Waals surface area contributed by atoms with Gasteiger partial charge in [-0.1, -0.05) is 32.0 Å². The number of amides is 1. The van der Waals surface area contributed by atoms with Gasteiger partial charge in [0.25, 0.3) is 5.69 Å². The highest BCUT2D eigenvalue weighted by molar-refractivity contribution is 5.93. The molecule has 0 aliphatic rings. The van der Waals surface area contributed by atoms with Crippen molar-refractivity contribution in [2.24, 2.45) is 11.7 Å². The van der Waals surface area contributed by atoms with Crippen LogP contribution in [0, 0.1) is 21.8 Å². The summed E-state index contributed by atoms with van der Waals surface area (Å²) in [4.78, 5) is 21.9. The lowest BCUT2D eigenvalue weighted by molar-refractivity contribution is -0.385. The molecule has 2 aromatic rings. The van der Waals surface area contributed by atoms with Gasteiger partial charge in [-0.2, -0.15) is 0 Å². The molecule has 3 N–H and O–H groups in total.